The number of nitrogens with zero attached hydrogens (tertiary/aromatic N) is 7. The van der Waals surface area contributed by atoms with Crippen LogP contribution >= 0.6 is 0 Å². The summed E-state index contributed by atoms with van der Waals surface area (Å²) in [5, 5.41) is 26.0. The van der Waals surface area contributed by atoms with Crippen molar-refractivity contribution in [3.63, 3.8) is 0 Å². The fourth-order valence-corrected chi connectivity index (χ4v) is 6.24. The van der Waals surface area contributed by atoms with E-state index in [9.17, 15) is 15.0 Å². The van der Waals surface area contributed by atoms with E-state index in [-0.39, 0.29) is 0 Å². The number of anilines is 2. The van der Waals surface area contributed by atoms with Crippen LogP contribution in [-0.2, 0) is 13.1 Å². The predicted octanol–water partition coefficient (Wildman–Crippen LogP) is 5.72. The van der Waals surface area contributed by atoms with Crippen molar-refractivity contribution in [3.05, 3.63) is 101 Å². The van der Waals surface area contributed by atoms with Crippen molar-refractivity contribution >= 4 is 23.2 Å². The fraction of sp³-hybridized carbons (Fsp3) is 0.368. The molecule has 0 bridgehead atoms. The number of aromatic nitrogens is 4. The summed E-state index contributed by atoms with van der Waals surface area (Å²) in [6.07, 6.45) is 3.18. The number of imidazole rings is 1. The van der Waals surface area contributed by atoms with E-state index in [0.29, 0.717) is 68.7 Å². The lowest BCUT2D eigenvalue weighted by atomic mass is 10.1. The van der Waals surface area contributed by atoms with Gasteiger partial charge in [0.15, 0.2) is 5.65 Å². The third-order valence-corrected chi connectivity index (χ3v) is 9.12. The van der Waals surface area contributed by atoms with Gasteiger partial charge in [0.25, 0.3) is 0 Å². The summed E-state index contributed by atoms with van der Waals surface area (Å²) in [4.78, 5) is 26.6. The number of hydrogen-bond donors (Lipinski definition) is 2. The monoisotopic (exact) mass is 695 g/mol. The molecule has 1 aliphatic heterocycles. The number of amides is 1. The maximum Gasteiger partial charge on any atom is 0.407 e. The minimum absolute atomic E-state index is 0.410. The number of carbonyl (C=O) groups is 1. The highest BCUT2D eigenvalue weighted by Crippen LogP contribution is 2.33. The largest absolute Gasteiger partial charge is 0.497 e. The minimum atomic E-state index is -1.08. The second-order valence-electron chi connectivity index (χ2n) is 12.6. The molecule has 1 unspecified atom stereocenters. The molecule has 0 saturated carbocycles. The molecule has 13 nitrogen and oxygen atoms in total. The van der Waals surface area contributed by atoms with E-state index < -0.39 is 12.2 Å². The molecule has 0 spiro atoms. The summed E-state index contributed by atoms with van der Waals surface area (Å²) in [5.41, 5.74) is 5.47. The van der Waals surface area contributed by atoms with Crippen molar-refractivity contribution in [2.75, 3.05) is 56.8 Å². The van der Waals surface area contributed by atoms with Crippen LogP contribution in [-0.4, -0.2) is 87.8 Å². The van der Waals surface area contributed by atoms with Crippen LogP contribution in [0.25, 0.3) is 5.65 Å². The minimum Gasteiger partial charge on any atom is -0.497 e. The Morgan fingerprint density at radius 2 is 1.53 bits per heavy atom. The number of unbranched alkanes of at least 4 members (excludes halogenated alkanes) is 1. The van der Waals surface area contributed by atoms with Gasteiger partial charge in [0.05, 0.1) is 38.4 Å². The van der Waals surface area contributed by atoms with Gasteiger partial charge in [0, 0.05) is 57.1 Å². The van der Waals surface area contributed by atoms with Gasteiger partial charge in [-0.1, -0.05) is 37.6 Å². The van der Waals surface area contributed by atoms with Gasteiger partial charge < -0.3 is 39.1 Å². The number of methoxy groups -OCH3 is 2. The molecular weight excluding hydrogens is 650 g/mol. The number of benzene rings is 2. The first kappa shape index (κ1) is 35.3. The van der Waals surface area contributed by atoms with Crippen LogP contribution in [0, 0.1) is 6.92 Å². The zero-order chi connectivity index (χ0) is 35.9. The van der Waals surface area contributed by atoms with Gasteiger partial charge in [-0.25, -0.2) is 19.3 Å². The topological polar surface area (TPSA) is 138 Å². The molecule has 51 heavy (non-hydrogen) atoms. The lowest BCUT2D eigenvalue weighted by Gasteiger charge is -2.34. The molecule has 1 fully saturated rings. The SMILES string of the molecule is CCCCOc1cc(N(Cc2ccc(OC)cc2)Cc2ccc(OC)cc2)c2ncc(C(O)c3cnc(N4CCN(C(=O)O)CC4)c(C)c3)n2n1. The molecule has 5 aromatic rings. The Kier molecular flexibility index (Phi) is 11.1. The first-order valence-corrected chi connectivity index (χ1v) is 17.2. The molecule has 1 atom stereocenters. The van der Waals surface area contributed by atoms with Crippen LogP contribution in [0.4, 0.5) is 16.3 Å². The Morgan fingerprint density at radius 1 is 0.902 bits per heavy atom. The molecule has 2 N–H and O–H groups in total. The van der Waals surface area contributed by atoms with Gasteiger partial charge in [-0.3, -0.25) is 0 Å². The van der Waals surface area contributed by atoms with E-state index in [0.717, 1.165) is 52.5 Å². The number of fused-ring (bicyclic) bond motifs is 1. The zero-order valence-electron chi connectivity index (χ0n) is 29.5. The number of aliphatic hydroxyl groups is 1. The highest BCUT2D eigenvalue weighted by molar-refractivity contribution is 5.71. The number of ether oxygens (including phenoxy) is 3. The molecule has 2 aromatic carbocycles. The first-order valence-electron chi connectivity index (χ1n) is 17.2. The number of carboxylic acid groups (broad SMARTS) is 1. The summed E-state index contributed by atoms with van der Waals surface area (Å²) < 4.78 is 18.7. The quantitative estimate of drug-likeness (QED) is 0.138. The van der Waals surface area contributed by atoms with Crippen LogP contribution in [0.5, 0.6) is 17.4 Å². The highest BCUT2D eigenvalue weighted by Gasteiger charge is 2.25. The lowest BCUT2D eigenvalue weighted by Crippen LogP contribution is -2.48. The van der Waals surface area contributed by atoms with Gasteiger partial charge >= 0.3 is 6.09 Å². The summed E-state index contributed by atoms with van der Waals surface area (Å²) in [6.45, 7) is 7.59. The smallest absolute Gasteiger partial charge is 0.407 e. The van der Waals surface area contributed by atoms with Gasteiger partial charge in [-0.15, -0.1) is 5.10 Å². The average molecular weight is 696 g/mol. The number of pyridine rings is 1. The molecule has 0 aliphatic carbocycles. The molecule has 1 aliphatic rings. The summed E-state index contributed by atoms with van der Waals surface area (Å²) in [7, 11) is 3.31. The summed E-state index contributed by atoms with van der Waals surface area (Å²) in [5.74, 6) is 2.76. The van der Waals surface area contributed by atoms with Gasteiger partial charge in [0.1, 0.15) is 23.4 Å². The van der Waals surface area contributed by atoms with Crippen molar-refractivity contribution in [2.45, 2.75) is 45.9 Å². The van der Waals surface area contributed by atoms with Gasteiger partial charge in [0.2, 0.25) is 5.88 Å². The fourth-order valence-electron chi connectivity index (χ4n) is 6.24. The molecule has 1 amide bonds. The molecule has 268 valence electrons. The van der Waals surface area contributed by atoms with Crippen LogP contribution in [0.1, 0.15) is 53.8 Å². The van der Waals surface area contributed by atoms with Gasteiger partial charge in [-0.05, 0) is 60.4 Å². The number of aliphatic hydroxyl groups excluding tert-OH is 1. The maximum absolute atomic E-state index is 11.8. The highest BCUT2D eigenvalue weighted by atomic mass is 16.5. The number of rotatable bonds is 14. The van der Waals surface area contributed by atoms with Gasteiger partial charge in [-0.2, -0.15) is 0 Å². The third kappa shape index (κ3) is 8.09. The Morgan fingerprint density at radius 3 is 2.08 bits per heavy atom. The summed E-state index contributed by atoms with van der Waals surface area (Å²) in [6, 6.07) is 19.8. The molecule has 1 saturated heterocycles. The molecule has 13 heteroatoms. The molecule has 6 rings (SSSR count). The van der Waals surface area contributed by atoms with E-state index in [4.69, 9.17) is 29.3 Å². The third-order valence-electron chi connectivity index (χ3n) is 9.12. The van der Waals surface area contributed by atoms with E-state index in [2.05, 4.69) is 16.7 Å². The zero-order valence-corrected chi connectivity index (χ0v) is 29.5. The molecular formula is C38H45N7O6. The van der Waals surface area contributed by atoms with Crippen molar-refractivity contribution in [3.8, 4) is 17.4 Å². The van der Waals surface area contributed by atoms with Crippen molar-refractivity contribution in [1.82, 2.24) is 24.5 Å². The average Bonchev–Trinajstić information content (AvgIpc) is 3.58. The van der Waals surface area contributed by atoms with Crippen LogP contribution in [0.3, 0.4) is 0 Å². The van der Waals surface area contributed by atoms with Crippen LogP contribution in [0.2, 0.25) is 0 Å². The van der Waals surface area contributed by atoms with E-state index >= 15 is 0 Å². The van der Waals surface area contributed by atoms with E-state index in [1.54, 1.807) is 31.1 Å². The second-order valence-corrected chi connectivity index (χ2v) is 12.6. The lowest BCUT2D eigenvalue weighted by molar-refractivity contribution is 0.142. The van der Waals surface area contributed by atoms with E-state index in [1.807, 2.05) is 67.6 Å². The number of hydrogen-bond acceptors (Lipinski definition) is 10. The normalized spacial score (nSPS) is 13.7. The maximum atomic E-state index is 11.8. The predicted molar refractivity (Wildman–Crippen MR) is 194 cm³/mol. The molecule has 0 radical (unpaired) electrons. The first-order chi connectivity index (χ1) is 24.8. The second kappa shape index (κ2) is 16.0. The Balaban J connectivity index is 1.36. The Labute approximate surface area is 297 Å². The Bertz CT molecular complexity index is 1870. The van der Waals surface area contributed by atoms with E-state index in [1.165, 1.54) is 4.90 Å². The van der Waals surface area contributed by atoms with Crippen molar-refractivity contribution in [2.24, 2.45) is 0 Å². The standard InChI is InChI=1S/C38H45N7O6/c1-5-6-19-51-34-21-32(44(24-27-7-11-30(49-3)12-8-27)25-28-9-13-31(50-4)14-10-28)37-40-23-33(45(37)41-34)35(46)29-20-26(2)36(39-22-29)42-15-17-43(18-16-42)38(47)48/h7-14,20-23,35,46H,5-6,15-19,24-25H2,1-4H3,(H,47,48). The summed E-state index contributed by atoms with van der Waals surface area (Å²) >= 11 is 0. The Hall–Kier alpha value is -5.56. The molecule has 3 aromatic heterocycles. The number of piperazine rings is 1. The molecule has 4 heterocycles. The van der Waals surface area contributed by atoms with Crippen LogP contribution in [0.15, 0.2) is 73.1 Å². The number of aryl methyl sites for hydroxylation is 1. The van der Waals surface area contributed by atoms with Crippen LogP contribution < -0.4 is 24.0 Å². The van der Waals surface area contributed by atoms with Crippen molar-refractivity contribution in [1.29, 1.82) is 0 Å². The van der Waals surface area contributed by atoms with Crippen molar-refractivity contribution < 1.29 is 29.2 Å².